The van der Waals surface area contributed by atoms with Crippen LogP contribution in [0.5, 0.6) is 0 Å². The van der Waals surface area contributed by atoms with Crippen LogP contribution < -0.4 is 0 Å². The van der Waals surface area contributed by atoms with Gasteiger partial charge in [0.1, 0.15) is 18.3 Å². The molecule has 0 amide bonds. The maximum absolute atomic E-state index is 13.0. The molecule has 1 heterocycles. The van der Waals surface area contributed by atoms with E-state index < -0.39 is 27.7 Å². The van der Waals surface area contributed by atoms with Crippen LogP contribution in [0, 0.1) is 11.8 Å². The largest absolute Gasteiger partial charge is 0.395 e. The summed E-state index contributed by atoms with van der Waals surface area (Å²) in [7, 11) is 0. The smallest absolute Gasteiger partial charge is 0.391 e. The number of thioether (sulfide) groups is 1. The molecule has 0 aliphatic heterocycles. The molecule has 1 atom stereocenters. The lowest BCUT2D eigenvalue weighted by molar-refractivity contribution is -0.190. The van der Waals surface area contributed by atoms with Crippen molar-refractivity contribution in [3.8, 4) is 0 Å². The summed E-state index contributed by atoms with van der Waals surface area (Å²) >= 11 is 1.24. The van der Waals surface area contributed by atoms with Crippen LogP contribution in [0.4, 0.5) is 13.2 Å². The number of nitrogens with zero attached hydrogens (tertiary/aromatic N) is 3. The molecule has 1 fully saturated rings. The third kappa shape index (κ3) is 5.16. The monoisotopic (exact) mass is 411 g/mol. The van der Waals surface area contributed by atoms with Gasteiger partial charge in [-0.3, -0.25) is 4.68 Å². The maximum Gasteiger partial charge on any atom is 0.391 e. The third-order valence-corrected chi connectivity index (χ3v) is 7.22. The van der Waals surface area contributed by atoms with Gasteiger partial charge in [-0.15, -0.1) is 11.8 Å². The fraction of sp³-hybridized carbons (Fsp3) is 0.882. The number of aliphatic hydroxyl groups excluding tert-OH is 2. The molecule has 6 nitrogen and oxygen atoms in total. The molecule has 1 aromatic rings. The van der Waals surface area contributed by atoms with Gasteiger partial charge in [0.05, 0.1) is 30.9 Å². The number of aromatic nitrogens is 3. The maximum atomic E-state index is 13.0. The number of rotatable bonds is 8. The number of alkyl halides is 3. The quantitative estimate of drug-likeness (QED) is 0.608. The minimum Gasteiger partial charge on any atom is -0.395 e. The lowest BCUT2D eigenvalue weighted by atomic mass is 9.68. The van der Waals surface area contributed by atoms with Crippen LogP contribution in [0.15, 0.2) is 12.7 Å². The molecule has 1 aromatic heterocycles. The zero-order chi connectivity index (χ0) is 20.3. The first kappa shape index (κ1) is 22.4. The Hall–Kier alpha value is -0.840. The van der Waals surface area contributed by atoms with Gasteiger partial charge >= 0.3 is 6.18 Å². The molecule has 1 saturated carbocycles. The van der Waals surface area contributed by atoms with Crippen LogP contribution in [0.25, 0.3) is 0 Å². The molecule has 0 radical (unpaired) electrons. The first-order chi connectivity index (χ1) is 12.5. The first-order valence-corrected chi connectivity index (χ1v) is 9.92. The van der Waals surface area contributed by atoms with Gasteiger partial charge in [-0.05, 0) is 45.4 Å². The second-order valence-electron chi connectivity index (χ2n) is 7.72. The number of halogens is 3. The summed E-state index contributed by atoms with van der Waals surface area (Å²) in [6.07, 6.45) is -0.938. The van der Waals surface area contributed by atoms with Crippen LogP contribution in [0.2, 0.25) is 0 Å². The molecule has 0 saturated heterocycles. The minimum absolute atomic E-state index is 0.0159. The highest BCUT2D eigenvalue weighted by atomic mass is 32.2. The van der Waals surface area contributed by atoms with E-state index in [0.717, 1.165) is 0 Å². The summed E-state index contributed by atoms with van der Waals surface area (Å²) in [5, 5.41) is 34.1. The average Bonchev–Trinajstić information content (AvgIpc) is 3.11. The standard InChI is InChI=1S/C17H28F3N3O3S/c1-15(2,27-14(7-24)8-25)16(26,9-23-11-21-10-22-23)12-3-5-13(6-4-12)17(18,19)20/h10-14,24-26H,3-9H2,1-2H3. The predicted octanol–water partition coefficient (Wildman–Crippen LogP) is 2.24. The van der Waals surface area contributed by atoms with E-state index in [1.807, 2.05) is 0 Å². The van der Waals surface area contributed by atoms with Gasteiger partial charge in [-0.2, -0.15) is 18.3 Å². The molecule has 2 rings (SSSR count). The van der Waals surface area contributed by atoms with E-state index in [-0.39, 0.29) is 51.4 Å². The summed E-state index contributed by atoms with van der Waals surface area (Å²) < 4.78 is 39.7. The van der Waals surface area contributed by atoms with Crippen molar-refractivity contribution >= 4 is 11.8 Å². The fourth-order valence-electron chi connectivity index (χ4n) is 3.92. The number of aliphatic hydroxyl groups is 3. The SMILES string of the molecule is CC(C)(SC(CO)CO)C(O)(Cn1cncn1)C1CCC(C(F)(F)F)CC1. The van der Waals surface area contributed by atoms with Crippen molar-refractivity contribution in [2.24, 2.45) is 11.8 Å². The summed E-state index contributed by atoms with van der Waals surface area (Å²) in [5.74, 6) is -1.69. The Morgan fingerprint density at radius 1 is 1.11 bits per heavy atom. The Morgan fingerprint density at radius 3 is 2.11 bits per heavy atom. The van der Waals surface area contributed by atoms with Crippen LogP contribution in [-0.4, -0.2) is 65.1 Å². The number of hydrogen-bond acceptors (Lipinski definition) is 6. The highest BCUT2D eigenvalue weighted by molar-refractivity contribution is 8.01. The summed E-state index contributed by atoms with van der Waals surface area (Å²) in [5.41, 5.74) is -1.38. The zero-order valence-corrected chi connectivity index (χ0v) is 16.4. The molecule has 1 aliphatic rings. The van der Waals surface area contributed by atoms with E-state index in [9.17, 15) is 28.5 Å². The van der Waals surface area contributed by atoms with Crippen molar-refractivity contribution in [2.45, 2.75) is 67.8 Å². The molecule has 27 heavy (non-hydrogen) atoms. The Bertz CT molecular complexity index is 574. The van der Waals surface area contributed by atoms with Crippen molar-refractivity contribution in [1.29, 1.82) is 0 Å². The highest BCUT2D eigenvalue weighted by Gasteiger charge is 2.53. The fourth-order valence-corrected chi connectivity index (χ4v) is 5.34. The van der Waals surface area contributed by atoms with Crippen molar-refractivity contribution in [3.05, 3.63) is 12.7 Å². The molecule has 0 aromatic carbocycles. The Labute approximate surface area is 161 Å². The van der Waals surface area contributed by atoms with Crippen molar-refractivity contribution in [2.75, 3.05) is 13.2 Å². The van der Waals surface area contributed by atoms with Crippen LogP contribution in [0.3, 0.4) is 0 Å². The second kappa shape index (κ2) is 8.67. The first-order valence-electron chi connectivity index (χ1n) is 9.04. The van der Waals surface area contributed by atoms with Crippen molar-refractivity contribution in [1.82, 2.24) is 14.8 Å². The Balaban J connectivity index is 2.25. The molecular weight excluding hydrogens is 383 g/mol. The normalized spacial score (nSPS) is 24.2. The van der Waals surface area contributed by atoms with E-state index in [4.69, 9.17) is 0 Å². The van der Waals surface area contributed by atoms with Gasteiger partial charge in [0.15, 0.2) is 0 Å². The molecule has 10 heteroatoms. The summed E-state index contributed by atoms with van der Waals surface area (Å²) in [4.78, 5) is 3.88. The van der Waals surface area contributed by atoms with E-state index >= 15 is 0 Å². The topological polar surface area (TPSA) is 91.4 Å². The lowest BCUT2D eigenvalue weighted by Gasteiger charge is -2.50. The predicted molar refractivity (Wildman–Crippen MR) is 96.1 cm³/mol. The van der Waals surface area contributed by atoms with E-state index in [1.54, 1.807) is 13.8 Å². The third-order valence-electron chi connectivity index (χ3n) is 5.65. The second-order valence-corrected chi connectivity index (χ2v) is 9.65. The molecule has 3 N–H and O–H groups in total. The molecule has 1 aliphatic carbocycles. The molecule has 0 bridgehead atoms. The van der Waals surface area contributed by atoms with Crippen LogP contribution in [0.1, 0.15) is 39.5 Å². The van der Waals surface area contributed by atoms with Gasteiger partial charge in [0.2, 0.25) is 0 Å². The molecule has 156 valence electrons. The van der Waals surface area contributed by atoms with E-state index in [1.165, 1.54) is 29.1 Å². The van der Waals surface area contributed by atoms with E-state index in [0.29, 0.717) is 0 Å². The van der Waals surface area contributed by atoms with E-state index in [2.05, 4.69) is 10.1 Å². The van der Waals surface area contributed by atoms with Crippen molar-refractivity contribution < 1.29 is 28.5 Å². The molecular formula is C17H28F3N3O3S. The summed E-state index contributed by atoms with van der Waals surface area (Å²) in [6.45, 7) is 3.15. The van der Waals surface area contributed by atoms with Gasteiger partial charge < -0.3 is 15.3 Å². The average molecular weight is 411 g/mol. The number of hydrogen-bond donors (Lipinski definition) is 3. The molecule has 1 unspecified atom stereocenters. The van der Waals surface area contributed by atoms with Gasteiger partial charge in [-0.25, -0.2) is 4.98 Å². The van der Waals surface area contributed by atoms with Gasteiger partial charge in [-0.1, -0.05) is 0 Å². The lowest BCUT2D eigenvalue weighted by Crippen LogP contribution is -2.58. The van der Waals surface area contributed by atoms with Gasteiger partial charge in [0.25, 0.3) is 0 Å². The molecule has 0 spiro atoms. The van der Waals surface area contributed by atoms with Crippen LogP contribution in [-0.2, 0) is 6.54 Å². The zero-order valence-electron chi connectivity index (χ0n) is 15.6. The summed E-state index contributed by atoms with van der Waals surface area (Å²) in [6, 6.07) is 0. The van der Waals surface area contributed by atoms with Crippen LogP contribution >= 0.6 is 11.8 Å². The minimum atomic E-state index is -4.21. The Morgan fingerprint density at radius 2 is 1.67 bits per heavy atom. The van der Waals surface area contributed by atoms with Crippen molar-refractivity contribution in [3.63, 3.8) is 0 Å². The Kier molecular flexibility index (Phi) is 7.21. The van der Waals surface area contributed by atoms with Gasteiger partial charge in [0, 0.05) is 4.75 Å². The highest BCUT2D eigenvalue weighted by Crippen LogP contribution is 2.50.